The van der Waals surface area contributed by atoms with Crippen LogP contribution in [0.15, 0.2) is 61.0 Å². The van der Waals surface area contributed by atoms with Gasteiger partial charge in [-0.05, 0) is 42.4 Å². The summed E-state index contributed by atoms with van der Waals surface area (Å²) in [7, 11) is 0. The lowest BCUT2D eigenvalue weighted by Crippen LogP contribution is -1.99. The summed E-state index contributed by atoms with van der Waals surface area (Å²) >= 11 is 0. The SMILES string of the molecule is C=C/C=C(/CC)C(=C)F.CC.CCC(C)Cc1ccccc1C. The lowest BCUT2D eigenvalue weighted by molar-refractivity contribution is 0.559. The quantitative estimate of drug-likeness (QED) is 0.474. The van der Waals surface area contributed by atoms with Crippen molar-refractivity contribution in [1.29, 1.82) is 0 Å². The van der Waals surface area contributed by atoms with Gasteiger partial charge in [0.25, 0.3) is 0 Å². The smallest absolute Gasteiger partial charge is 0.119 e. The predicted molar refractivity (Wildman–Crippen MR) is 105 cm³/mol. The molecular weight excluding hydrogens is 283 g/mol. The molecule has 0 N–H and O–H groups in total. The summed E-state index contributed by atoms with van der Waals surface area (Å²) in [6, 6.07) is 8.67. The van der Waals surface area contributed by atoms with Crippen molar-refractivity contribution in [3.8, 4) is 0 Å². The van der Waals surface area contributed by atoms with E-state index in [4.69, 9.17) is 0 Å². The zero-order chi connectivity index (χ0) is 18.3. The zero-order valence-corrected chi connectivity index (χ0v) is 16.0. The molecule has 0 heterocycles. The zero-order valence-electron chi connectivity index (χ0n) is 16.0. The van der Waals surface area contributed by atoms with Crippen LogP contribution in [-0.2, 0) is 6.42 Å². The Balaban J connectivity index is 0. The second kappa shape index (κ2) is 15.3. The fourth-order valence-electron chi connectivity index (χ4n) is 1.90. The van der Waals surface area contributed by atoms with E-state index in [1.165, 1.54) is 24.0 Å². The third-order valence-electron chi connectivity index (χ3n) is 3.57. The standard InChI is InChI=1S/C12H18.C8H11F.C2H6/c1-4-10(2)9-12-8-6-5-7-11(12)3;1-4-6-8(5-2)7(3)9;1-2/h5-8,10H,4,9H2,1-3H3;4,6H,1,3,5H2,2H3;1-2H3/b;8-6-;. The Bertz CT molecular complexity index is 469. The highest BCUT2D eigenvalue weighted by atomic mass is 19.1. The molecule has 0 aromatic heterocycles. The van der Waals surface area contributed by atoms with Crippen LogP contribution in [0.2, 0.25) is 0 Å². The molecular formula is C22H35F. The molecule has 0 bridgehead atoms. The fourth-order valence-corrected chi connectivity index (χ4v) is 1.90. The summed E-state index contributed by atoms with van der Waals surface area (Å²) in [6.07, 6.45) is 6.35. The maximum Gasteiger partial charge on any atom is 0.119 e. The van der Waals surface area contributed by atoms with Crippen molar-refractivity contribution < 1.29 is 4.39 Å². The first-order chi connectivity index (χ1) is 11.0. The van der Waals surface area contributed by atoms with Gasteiger partial charge >= 0.3 is 0 Å². The number of allylic oxidation sites excluding steroid dienone is 4. The van der Waals surface area contributed by atoms with Gasteiger partial charge < -0.3 is 0 Å². The van der Waals surface area contributed by atoms with Crippen LogP contribution in [0.25, 0.3) is 0 Å². The maximum absolute atomic E-state index is 12.2. The van der Waals surface area contributed by atoms with Crippen molar-refractivity contribution in [2.75, 3.05) is 0 Å². The van der Waals surface area contributed by atoms with Crippen molar-refractivity contribution >= 4 is 0 Å². The van der Waals surface area contributed by atoms with E-state index in [2.05, 4.69) is 58.2 Å². The van der Waals surface area contributed by atoms with E-state index < -0.39 is 0 Å². The number of aryl methyl sites for hydroxylation is 1. The molecule has 1 atom stereocenters. The van der Waals surface area contributed by atoms with E-state index in [0.717, 1.165) is 5.92 Å². The molecule has 1 rings (SSSR count). The second-order valence-electron chi connectivity index (χ2n) is 5.33. The Labute approximate surface area is 143 Å². The van der Waals surface area contributed by atoms with Crippen molar-refractivity contribution in [3.63, 3.8) is 0 Å². The Kier molecular flexibility index (Phi) is 15.7. The van der Waals surface area contributed by atoms with Gasteiger partial charge in [-0.3, -0.25) is 0 Å². The largest absolute Gasteiger partial charge is 0.207 e. The van der Waals surface area contributed by atoms with Crippen molar-refractivity contribution in [3.05, 3.63) is 72.1 Å². The van der Waals surface area contributed by atoms with E-state index in [9.17, 15) is 4.39 Å². The van der Waals surface area contributed by atoms with Crippen molar-refractivity contribution in [1.82, 2.24) is 0 Å². The van der Waals surface area contributed by atoms with Crippen LogP contribution in [0, 0.1) is 12.8 Å². The van der Waals surface area contributed by atoms with E-state index in [0.29, 0.717) is 12.0 Å². The normalized spacial score (nSPS) is 11.3. The van der Waals surface area contributed by atoms with Gasteiger partial charge in [0.1, 0.15) is 5.83 Å². The van der Waals surface area contributed by atoms with Gasteiger partial charge in [-0.1, -0.05) is 90.6 Å². The third-order valence-corrected chi connectivity index (χ3v) is 3.57. The monoisotopic (exact) mass is 318 g/mol. The van der Waals surface area contributed by atoms with E-state index in [1.807, 2.05) is 20.8 Å². The van der Waals surface area contributed by atoms with Crippen LogP contribution in [0.1, 0.15) is 58.6 Å². The molecule has 1 heteroatoms. The molecule has 0 radical (unpaired) electrons. The van der Waals surface area contributed by atoms with Crippen LogP contribution < -0.4 is 0 Å². The molecule has 1 aromatic rings. The van der Waals surface area contributed by atoms with E-state index in [-0.39, 0.29) is 5.83 Å². The number of hydrogen-bond acceptors (Lipinski definition) is 0. The fraction of sp³-hybridized carbons (Fsp3) is 0.455. The molecule has 1 unspecified atom stereocenters. The first-order valence-corrected chi connectivity index (χ1v) is 8.67. The molecule has 0 aliphatic carbocycles. The molecule has 0 spiro atoms. The van der Waals surface area contributed by atoms with Crippen molar-refractivity contribution in [2.45, 2.75) is 60.8 Å². The molecule has 0 nitrogen and oxygen atoms in total. The van der Waals surface area contributed by atoms with Crippen LogP contribution >= 0.6 is 0 Å². The average molecular weight is 319 g/mol. The molecule has 0 saturated carbocycles. The van der Waals surface area contributed by atoms with Crippen molar-refractivity contribution in [2.24, 2.45) is 5.92 Å². The van der Waals surface area contributed by atoms with Gasteiger partial charge in [0.05, 0.1) is 0 Å². The third kappa shape index (κ3) is 11.6. The topological polar surface area (TPSA) is 0 Å². The molecule has 0 aliphatic rings. The molecule has 0 saturated heterocycles. The highest BCUT2D eigenvalue weighted by molar-refractivity contribution is 5.26. The lowest BCUT2D eigenvalue weighted by atomic mass is 9.96. The molecule has 0 aliphatic heterocycles. The second-order valence-corrected chi connectivity index (χ2v) is 5.33. The Hall–Kier alpha value is -1.63. The van der Waals surface area contributed by atoms with Gasteiger partial charge in [0.15, 0.2) is 0 Å². The summed E-state index contributed by atoms with van der Waals surface area (Å²) in [5.41, 5.74) is 3.55. The Morgan fingerprint density at radius 1 is 1.22 bits per heavy atom. The van der Waals surface area contributed by atoms with Crippen LogP contribution in [0.3, 0.4) is 0 Å². The van der Waals surface area contributed by atoms with Crippen LogP contribution in [0.5, 0.6) is 0 Å². The Morgan fingerprint density at radius 2 is 1.78 bits per heavy atom. The minimum atomic E-state index is -0.364. The highest BCUT2D eigenvalue weighted by Gasteiger charge is 2.02. The Morgan fingerprint density at radius 3 is 2.13 bits per heavy atom. The van der Waals surface area contributed by atoms with Crippen LogP contribution in [0.4, 0.5) is 4.39 Å². The first-order valence-electron chi connectivity index (χ1n) is 8.67. The van der Waals surface area contributed by atoms with E-state index in [1.54, 1.807) is 12.2 Å². The number of rotatable bonds is 6. The average Bonchev–Trinajstić information content (AvgIpc) is 2.56. The first kappa shape index (κ1) is 23.6. The van der Waals surface area contributed by atoms with Gasteiger partial charge in [0.2, 0.25) is 0 Å². The number of benzene rings is 1. The van der Waals surface area contributed by atoms with E-state index >= 15 is 0 Å². The summed E-state index contributed by atoms with van der Waals surface area (Å²) in [4.78, 5) is 0. The summed E-state index contributed by atoms with van der Waals surface area (Å²) < 4.78 is 12.2. The summed E-state index contributed by atoms with van der Waals surface area (Å²) in [5, 5.41) is 0. The molecule has 23 heavy (non-hydrogen) atoms. The van der Waals surface area contributed by atoms with Gasteiger partial charge in [-0.2, -0.15) is 0 Å². The van der Waals surface area contributed by atoms with Gasteiger partial charge in [-0.25, -0.2) is 4.39 Å². The molecule has 1 aromatic carbocycles. The molecule has 130 valence electrons. The molecule has 0 amide bonds. The van der Waals surface area contributed by atoms with Crippen LogP contribution in [-0.4, -0.2) is 0 Å². The highest BCUT2D eigenvalue weighted by Crippen LogP contribution is 2.14. The van der Waals surface area contributed by atoms with Gasteiger partial charge in [0, 0.05) is 0 Å². The minimum Gasteiger partial charge on any atom is -0.207 e. The summed E-state index contributed by atoms with van der Waals surface area (Å²) in [5.74, 6) is 0.448. The number of halogens is 1. The van der Waals surface area contributed by atoms with Gasteiger partial charge in [-0.15, -0.1) is 0 Å². The summed E-state index contributed by atoms with van der Waals surface area (Å²) in [6.45, 7) is 19.2. The minimum absolute atomic E-state index is 0.364. The number of hydrogen-bond donors (Lipinski definition) is 0. The predicted octanol–water partition coefficient (Wildman–Crippen LogP) is 7.60. The maximum atomic E-state index is 12.2. The molecule has 0 fully saturated rings. The lowest BCUT2D eigenvalue weighted by Gasteiger charge is -2.10.